The minimum absolute atomic E-state index is 0.102. The van der Waals surface area contributed by atoms with E-state index >= 15 is 0 Å². The number of carbonyl (C=O) groups is 1. The Bertz CT molecular complexity index is 951. The lowest BCUT2D eigenvalue weighted by Gasteiger charge is -2.06. The number of aromatic amines is 1. The van der Waals surface area contributed by atoms with Crippen molar-refractivity contribution in [3.63, 3.8) is 0 Å². The predicted molar refractivity (Wildman–Crippen MR) is 101 cm³/mol. The van der Waals surface area contributed by atoms with E-state index in [0.29, 0.717) is 11.5 Å². The lowest BCUT2D eigenvalue weighted by molar-refractivity contribution is -0.110. The molecule has 0 aliphatic rings. The summed E-state index contributed by atoms with van der Waals surface area (Å²) in [7, 11) is 3.20. The van der Waals surface area contributed by atoms with Crippen molar-refractivity contribution < 1.29 is 14.3 Å². The number of hydrogen-bond donors (Lipinski definition) is 1. The van der Waals surface area contributed by atoms with Crippen LogP contribution in [0.4, 0.5) is 0 Å². The molecule has 3 rings (SSSR count). The van der Waals surface area contributed by atoms with Gasteiger partial charge in [-0.2, -0.15) is 0 Å². The van der Waals surface area contributed by atoms with E-state index < -0.39 is 0 Å². The summed E-state index contributed by atoms with van der Waals surface area (Å²) in [5.41, 5.74) is 2.82. The van der Waals surface area contributed by atoms with E-state index in [9.17, 15) is 4.79 Å². The number of fused-ring (bicyclic) bond motifs is 1. The number of nitrogens with one attached hydrogen (secondary N) is 1. The van der Waals surface area contributed by atoms with Gasteiger partial charge in [0.05, 0.1) is 14.2 Å². The zero-order valence-electron chi connectivity index (χ0n) is 14.2. The second-order valence-corrected chi connectivity index (χ2v) is 5.47. The van der Waals surface area contributed by atoms with Gasteiger partial charge >= 0.3 is 0 Å². The average Bonchev–Trinajstić information content (AvgIpc) is 3.07. The Morgan fingerprint density at radius 3 is 2.48 bits per heavy atom. The summed E-state index contributed by atoms with van der Waals surface area (Å²) in [5, 5.41) is 1.09. The van der Waals surface area contributed by atoms with E-state index in [1.54, 1.807) is 26.4 Å². The zero-order valence-corrected chi connectivity index (χ0v) is 14.2. The van der Waals surface area contributed by atoms with Crippen LogP contribution in [0, 0.1) is 0 Å². The molecular weight excluding hydrogens is 314 g/mol. The van der Waals surface area contributed by atoms with Crippen molar-refractivity contribution in [1.29, 1.82) is 0 Å². The summed E-state index contributed by atoms with van der Waals surface area (Å²) in [6.07, 6.45) is 8.50. The molecule has 1 heterocycles. The molecule has 4 nitrogen and oxygen atoms in total. The Balaban J connectivity index is 1.77. The van der Waals surface area contributed by atoms with Gasteiger partial charge in [-0.3, -0.25) is 4.79 Å². The van der Waals surface area contributed by atoms with E-state index in [1.807, 2.05) is 54.7 Å². The van der Waals surface area contributed by atoms with Crippen molar-refractivity contribution in [1.82, 2.24) is 4.98 Å². The first-order chi connectivity index (χ1) is 12.2. The van der Waals surface area contributed by atoms with Gasteiger partial charge in [0.1, 0.15) is 11.5 Å². The maximum Gasteiger partial charge on any atom is 0.178 e. The normalized spacial score (nSPS) is 11.4. The van der Waals surface area contributed by atoms with Crippen molar-refractivity contribution in [2.24, 2.45) is 0 Å². The first-order valence-electron chi connectivity index (χ1n) is 7.89. The molecule has 0 bridgehead atoms. The van der Waals surface area contributed by atoms with Crippen LogP contribution >= 0.6 is 0 Å². The number of ether oxygens (including phenoxy) is 2. The molecule has 0 saturated heterocycles. The van der Waals surface area contributed by atoms with Crippen LogP contribution < -0.4 is 9.47 Å². The van der Waals surface area contributed by atoms with Crippen LogP contribution in [0.5, 0.6) is 11.5 Å². The zero-order chi connectivity index (χ0) is 17.6. The van der Waals surface area contributed by atoms with Gasteiger partial charge in [-0.1, -0.05) is 18.2 Å². The van der Waals surface area contributed by atoms with Crippen molar-refractivity contribution in [2.45, 2.75) is 0 Å². The first-order valence-corrected chi connectivity index (χ1v) is 7.89. The molecular formula is C21H19NO3. The van der Waals surface area contributed by atoms with Gasteiger partial charge in [0.15, 0.2) is 5.78 Å². The molecule has 126 valence electrons. The van der Waals surface area contributed by atoms with E-state index in [2.05, 4.69) is 4.98 Å². The summed E-state index contributed by atoms with van der Waals surface area (Å²) < 4.78 is 10.5. The molecule has 0 radical (unpaired) electrons. The summed E-state index contributed by atoms with van der Waals surface area (Å²) >= 11 is 0. The Labute approximate surface area is 146 Å². The lowest BCUT2D eigenvalue weighted by atomic mass is 10.1. The topological polar surface area (TPSA) is 51.3 Å². The van der Waals surface area contributed by atoms with Crippen LogP contribution in [0.25, 0.3) is 23.1 Å². The SMILES string of the molecule is COc1ccc(OC)c(/C=C/C(=O)/C=C/c2c[nH]c3ccccc23)c1. The van der Waals surface area contributed by atoms with Gasteiger partial charge < -0.3 is 14.5 Å². The Kier molecular flexibility index (Phi) is 5.00. The van der Waals surface area contributed by atoms with Gasteiger partial charge in [0.2, 0.25) is 0 Å². The summed E-state index contributed by atoms with van der Waals surface area (Å²) in [4.78, 5) is 15.3. The number of carbonyl (C=O) groups excluding carboxylic acids is 1. The molecule has 1 aromatic heterocycles. The molecule has 1 N–H and O–H groups in total. The number of benzene rings is 2. The number of hydrogen-bond acceptors (Lipinski definition) is 3. The fourth-order valence-corrected chi connectivity index (χ4v) is 2.60. The fraction of sp³-hybridized carbons (Fsp3) is 0.0952. The van der Waals surface area contributed by atoms with Gasteiger partial charge in [0.25, 0.3) is 0 Å². The molecule has 0 atom stereocenters. The van der Waals surface area contributed by atoms with Gasteiger partial charge in [-0.15, -0.1) is 0 Å². The number of H-pyrrole nitrogens is 1. The maximum atomic E-state index is 12.1. The molecule has 25 heavy (non-hydrogen) atoms. The molecule has 0 aliphatic heterocycles. The Morgan fingerprint density at radius 1 is 0.960 bits per heavy atom. The molecule has 0 aliphatic carbocycles. The summed E-state index contributed by atoms with van der Waals surface area (Å²) in [6.45, 7) is 0. The first kappa shape index (κ1) is 16.6. The summed E-state index contributed by atoms with van der Waals surface area (Å²) in [6, 6.07) is 13.4. The average molecular weight is 333 g/mol. The van der Waals surface area contributed by atoms with E-state index in [0.717, 1.165) is 22.0 Å². The molecule has 0 unspecified atom stereocenters. The van der Waals surface area contributed by atoms with Crippen molar-refractivity contribution in [3.05, 3.63) is 71.9 Å². The largest absolute Gasteiger partial charge is 0.497 e. The molecule has 0 fully saturated rings. The maximum absolute atomic E-state index is 12.1. The highest BCUT2D eigenvalue weighted by atomic mass is 16.5. The van der Waals surface area contributed by atoms with Crippen LogP contribution in [0.1, 0.15) is 11.1 Å². The van der Waals surface area contributed by atoms with Crippen LogP contribution in [-0.2, 0) is 4.79 Å². The van der Waals surface area contributed by atoms with Crippen molar-refractivity contribution in [3.8, 4) is 11.5 Å². The number of rotatable bonds is 6. The highest BCUT2D eigenvalue weighted by molar-refractivity contribution is 6.05. The number of allylic oxidation sites excluding steroid dienone is 2. The number of aromatic nitrogens is 1. The smallest absolute Gasteiger partial charge is 0.178 e. The third-order valence-electron chi connectivity index (χ3n) is 3.91. The third kappa shape index (κ3) is 3.80. The highest BCUT2D eigenvalue weighted by Gasteiger charge is 2.03. The third-order valence-corrected chi connectivity index (χ3v) is 3.91. The van der Waals surface area contributed by atoms with Crippen molar-refractivity contribution in [2.75, 3.05) is 14.2 Å². The monoisotopic (exact) mass is 333 g/mol. The van der Waals surface area contributed by atoms with Crippen LogP contribution in [0.2, 0.25) is 0 Å². The highest BCUT2D eigenvalue weighted by Crippen LogP contribution is 2.25. The molecule has 3 aromatic rings. The Morgan fingerprint density at radius 2 is 1.72 bits per heavy atom. The van der Waals surface area contributed by atoms with Crippen molar-refractivity contribution >= 4 is 28.8 Å². The quantitative estimate of drug-likeness (QED) is 0.677. The second-order valence-electron chi connectivity index (χ2n) is 5.47. The van der Waals surface area contributed by atoms with Crippen LogP contribution in [0.3, 0.4) is 0 Å². The van der Waals surface area contributed by atoms with Gasteiger partial charge in [-0.05, 0) is 54.1 Å². The van der Waals surface area contributed by atoms with E-state index in [1.165, 1.54) is 6.08 Å². The van der Waals surface area contributed by atoms with Gasteiger partial charge in [0, 0.05) is 22.7 Å². The molecule has 4 heteroatoms. The van der Waals surface area contributed by atoms with E-state index in [-0.39, 0.29) is 5.78 Å². The number of ketones is 1. The van der Waals surface area contributed by atoms with E-state index in [4.69, 9.17) is 9.47 Å². The number of methoxy groups -OCH3 is 2. The standard InChI is InChI=1S/C21H19NO3/c1-24-18-11-12-21(25-2)15(13-18)7-9-17(23)10-8-16-14-22-20-6-4-3-5-19(16)20/h3-14,22H,1-2H3/b9-7+,10-8+. The Hall–Kier alpha value is -3.27. The predicted octanol–water partition coefficient (Wildman–Crippen LogP) is 4.48. The molecule has 0 spiro atoms. The van der Waals surface area contributed by atoms with Gasteiger partial charge in [-0.25, -0.2) is 0 Å². The molecule has 2 aromatic carbocycles. The lowest BCUT2D eigenvalue weighted by Crippen LogP contribution is -1.90. The minimum atomic E-state index is -0.102. The fourth-order valence-electron chi connectivity index (χ4n) is 2.60. The van der Waals surface area contributed by atoms with Crippen LogP contribution in [-0.4, -0.2) is 25.0 Å². The molecule has 0 amide bonds. The van der Waals surface area contributed by atoms with Crippen LogP contribution in [0.15, 0.2) is 60.8 Å². The molecule has 0 saturated carbocycles. The minimum Gasteiger partial charge on any atom is -0.497 e. The summed E-state index contributed by atoms with van der Waals surface area (Å²) in [5.74, 6) is 1.29. The second kappa shape index (κ2) is 7.53. The number of para-hydroxylation sites is 1.